The Hall–Kier alpha value is -2.73. The average Bonchev–Trinajstić information content (AvgIpc) is 3.39. The van der Waals surface area contributed by atoms with Crippen LogP contribution in [0.3, 0.4) is 0 Å². The molecule has 2 N–H and O–H groups in total. The summed E-state index contributed by atoms with van der Waals surface area (Å²) in [5, 5.41) is 3.28. The molecule has 0 bridgehead atoms. The molecule has 5 rings (SSSR count). The molecule has 3 heterocycles. The summed E-state index contributed by atoms with van der Waals surface area (Å²) >= 11 is 0. The number of aromatic nitrogens is 3. The number of H-pyrrole nitrogens is 1. The number of nitrogens with zero attached hydrogens (tertiary/aromatic N) is 2. The van der Waals surface area contributed by atoms with Crippen LogP contribution in [0.25, 0.3) is 11.5 Å². The molecule has 0 atom stereocenters. The van der Waals surface area contributed by atoms with Crippen LogP contribution in [0, 0.1) is 0 Å². The van der Waals surface area contributed by atoms with Gasteiger partial charge >= 0.3 is 0 Å². The van der Waals surface area contributed by atoms with Gasteiger partial charge in [-0.1, -0.05) is 18.2 Å². The summed E-state index contributed by atoms with van der Waals surface area (Å²) in [4.78, 5) is 24.9. The second-order valence-corrected chi connectivity index (χ2v) is 7.10. The van der Waals surface area contributed by atoms with Crippen molar-refractivity contribution in [2.75, 3.05) is 6.54 Å². The minimum Gasteiger partial charge on any atom is -0.440 e. The van der Waals surface area contributed by atoms with E-state index >= 15 is 0 Å². The molecule has 26 heavy (non-hydrogen) atoms. The number of oxazole rings is 1. The van der Waals surface area contributed by atoms with Crippen molar-refractivity contribution in [3.63, 3.8) is 0 Å². The third-order valence-electron chi connectivity index (χ3n) is 5.37. The summed E-state index contributed by atoms with van der Waals surface area (Å²) in [5.74, 6) is 2.11. The molecule has 0 saturated heterocycles. The molecule has 0 radical (unpaired) electrons. The third-order valence-corrected chi connectivity index (χ3v) is 5.37. The van der Waals surface area contributed by atoms with Gasteiger partial charge < -0.3 is 14.7 Å². The van der Waals surface area contributed by atoms with Crippen molar-refractivity contribution in [2.45, 2.75) is 37.6 Å². The number of benzene rings is 1. The maximum absolute atomic E-state index is 12.6. The lowest BCUT2D eigenvalue weighted by molar-refractivity contribution is 0.476. The van der Waals surface area contributed by atoms with E-state index in [2.05, 4.69) is 15.3 Å². The number of hydrogen-bond acceptors (Lipinski definition) is 5. The molecule has 132 valence electrons. The van der Waals surface area contributed by atoms with Gasteiger partial charge in [-0.3, -0.25) is 4.79 Å². The molecule has 1 aromatic carbocycles. The van der Waals surface area contributed by atoms with E-state index in [9.17, 15) is 4.79 Å². The highest BCUT2D eigenvalue weighted by Crippen LogP contribution is 2.52. The van der Waals surface area contributed by atoms with Crippen LogP contribution >= 0.6 is 0 Å². The van der Waals surface area contributed by atoms with Crippen molar-refractivity contribution in [1.29, 1.82) is 0 Å². The fraction of sp³-hybridized carbons (Fsp3) is 0.350. The van der Waals surface area contributed by atoms with Gasteiger partial charge in [0.1, 0.15) is 11.6 Å². The van der Waals surface area contributed by atoms with Crippen LogP contribution in [0.1, 0.15) is 42.1 Å². The Morgan fingerprint density at radius 2 is 2.00 bits per heavy atom. The summed E-state index contributed by atoms with van der Waals surface area (Å²) in [6.45, 7) is 1.50. The van der Waals surface area contributed by atoms with Crippen LogP contribution in [0.2, 0.25) is 0 Å². The molecule has 6 nitrogen and oxygen atoms in total. The van der Waals surface area contributed by atoms with E-state index in [1.165, 1.54) is 0 Å². The zero-order valence-corrected chi connectivity index (χ0v) is 14.4. The lowest BCUT2D eigenvalue weighted by Gasteiger charge is -2.14. The highest BCUT2D eigenvalue weighted by atomic mass is 16.4. The first-order chi connectivity index (χ1) is 12.8. The Morgan fingerprint density at radius 1 is 1.15 bits per heavy atom. The van der Waals surface area contributed by atoms with Crippen molar-refractivity contribution < 1.29 is 4.42 Å². The normalized spacial score (nSPS) is 18.2. The zero-order chi connectivity index (χ0) is 17.6. The number of aromatic amines is 1. The van der Waals surface area contributed by atoms with E-state index in [1.54, 1.807) is 6.20 Å². The summed E-state index contributed by atoms with van der Waals surface area (Å²) in [7, 11) is 0. The topological polar surface area (TPSA) is 83.8 Å². The number of nitrogens with one attached hydrogen (secondary N) is 2. The van der Waals surface area contributed by atoms with Gasteiger partial charge in [0, 0.05) is 12.1 Å². The fourth-order valence-electron chi connectivity index (χ4n) is 3.69. The minimum atomic E-state index is -0.339. The van der Waals surface area contributed by atoms with Gasteiger partial charge in [0.2, 0.25) is 5.89 Å². The largest absolute Gasteiger partial charge is 0.440 e. The highest BCUT2D eigenvalue weighted by Gasteiger charge is 2.52. The number of hydrogen-bond donors (Lipinski definition) is 2. The molecule has 1 saturated carbocycles. The number of rotatable bonds is 3. The van der Waals surface area contributed by atoms with Crippen LogP contribution in [0.15, 0.2) is 45.7 Å². The van der Waals surface area contributed by atoms with Crippen molar-refractivity contribution in [1.82, 2.24) is 20.3 Å². The second kappa shape index (κ2) is 5.92. The van der Waals surface area contributed by atoms with Gasteiger partial charge in [0.15, 0.2) is 0 Å². The Kier molecular flexibility index (Phi) is 3.53. The monoisotopic (exact) mass is 348 g/mol. The first kappa shape index (κ1) is 15.5. The second-order valence-electron chi connectivity index (χ2n) is 7.10. The first-order valence-corrected chi connectivity index (χ1v) is 9.11. The van der Waals surface area contributed by atoms with Gasteiger partial charge in [-0.2, -0.15) is 0 Å². The van der Waals surface area contributed by atoms with Crippen LogP contribution in [-0.2, 0) is 18.4 Å². The van der Waals surface area contributed by atoms with E-state index in [-0.39, 0.29) is 11.0 Å². The quantitative estimate of drug-likeness (QED) is 0.760. The fourth-order valence-corrected chi connectivity index (χ4v) is 3.69. The molecule has 3 aromatic rings. The molecule has 1 fully saturated rings. The maximum atomic E-state index is 12.6. The van der Waals surface area contributed by atoms with Crippen LogP contribution in [0.5, 0.6) is 0 Å². The molecule has 1 aliphatic carbocycles. The van der Waals surface area contributed by atoms with Crippen LogP contribution < -0.4 is 10.9 Å². The van der Waals surface area contributed by atoms with E-state index < -0.39 is 0 Å². The number of fused-ring (bicyclic) bond motifs is 1. The summed E-state index contributed by atoms with van der Waals surface area (Å²) < 4.78 is 6.07. The Bertz CT molecular complexity index is 1000. The van der Waals surface area contributed by atoms with E-state index in [4.69, 9.17) is 9.40 Å². The SMILES string of the molecule is O=c1[nH]c(C2(c3cnc(-c4ccccc4)o3)CC2)nc2c1CNCCC2. The average molecular weight is 348 g/mol. The van der Waals surface area contributed by atoms with E-state index in [0.29, 0.717) is 12.4 Å². The van der Waals surface area contributed by atoms with Crippen molar-refractivity contribution >= 4 is 0 Å². The van der Waals surface area contributed by atoms with Crippen LogP contribution in [-0.4, -0.2) is 21.5 Å². The van der Waals surface area contributed by atoms with Crippen molar-refractivity contribution in [3.05, 3.63) is 69.7 Å². The van der Waals surface area contributed by atoms with Gasteiger partial charge in [0.25, 0.3) is 5.56 Å². The third kappa shape index (κ3) is 2.49. The maximum Gasteiger partial charge on any atom is 0.255 e. The standard InChI is InChI=1S/C20H20N4O2/c25-17-14-11-21-10-4-7-15(14)23-19(24-17)20(8-9-20)16-12-22-18(26-16)13-5-2-1-3-6-13/h1-3,5-6,12,21H,4,7-11H2,(H,23,24,25). The van der Waals surface area contributed by atoms with Gasteiger partial charge in [-0.25, -0.2) is 9.97 Å². The molecular formula is C20H20N4O2. The molecule has 0 spiro atoms. The predicted molar refractivity (Wildman–Crippen MR) is 96.8 cm³/mol. The van der Waals surface area contributed by atoms with E-state index in [0.717, 1.165) is 60.6 Å². The molecule has 2 aromatic heterocycles. The smallest absolute Gasteiger partial charge is 0.255 e. The number of aryl methyl sites for hydroxylation is 1. The lowest BCUT2D eigenvalue weighted by Crippen LogP contribution is -2.26. The molecule has 6 heteroatoms. The van der Waals surface area contributed by atoms with Crippen LogP contribution in [0.4, 0.5) is 0 Å². The van der Waals surface area contributed by atoms with Gasteiger partial charge in [-0.15, -0.1) is 0 Å². The molecule has 0 amide bonds. The van der Waals surface area contributed by atoms with E-state index in [1.807, 2.05) is 30.3 Å². The lowest BCUT2D eigenvalue weighted by atomic mass is 10.0. The summed E-state index contributed by atoms with van der Waals surface area (Å²) in [6, 6.07) is 9.85. The zero-order valence-electron chi connectivity index (χ0n) is 14.4. The Balaban J connectivity index is 1.55. The minimum absolute atomic E-state index is 0.0338. The van der Waals surface area contributed by atoms with Gasteiger partial charge in [-0.05, 0) is 44.4 Å². The summed E-state index contributed by atoms with van der Waals surface area (Å²) in [5.41, 5.74) is 2.26. The predicted octanol–water partition coefficient (Wildman–Crippen LogP) is 2.54. The Morgan fingerprint density at radius 3 is 2.81 bits per heavy atom. The highest BCUT2D eigenvalue weighted by molar-refractivity contribution is 5.53. The molecule has 1 aliphatic heterocycles. The van der Waals surface area contributed by atoms with Gasteiger partial charge in [0.05, 0.1) is 22.9 Å². The molecular weight excluding hydrogens is 328 g/mol. The summed E-state index contributed by atoms with van der Waals surface area (Å²) in [6.07, 6.45) is 5.44. The first-order valence-electron chi connectivity index (χ1n) is 9.11. The Labute approximate surface area is 150 Å². The van der Waals surface area contributed by atoms with Crippen molar-refractivity contribution in [3.8, 4) is 11.5 Å². The molecule has 2 aliphatic rings. The van der Waals surface area contributed by atoms with Crippen molar-refractivity contribution in [2.24, 2.45) is 0 Å². The molecule has 0 unspecified atom stereocenters.